The number of carbonyl (C=O) groups is 1. The standard InChI is InChI=1S/C9H6ClF3O2/c1-15-7-3-2-5(9(11,12)13)4-6(7)8(10)14/h2-4H,1H3. The van der Waals surface area contributed by atoms with Crippen LogP contribution < -0.4 is 4.74 Å². The molecule has 0 atom stereocenters. The largest absolute Gasteiger partial charge is 0.496 e. The zero-order valence-corrected chi connectivity index (χ0v) is 8.32. The molecule has 0 saturated heterocycles. The molecule has 82 valence electrons. The fourth-order valence-corrected chi connectivity index (χ4v) is 1.19. The van der Waals surface area contributed by atoms with Gasteiger partial charge >= 0.3 is 6.18 Å². The number of alkyl halides is 3. The van der Waals surface area contributed by atoms with Gasteiger partial charge in [-0.2, -0.15) is 13.2 Å². The third-order valence-corrected chi connectivity index (χ3v) is 1.94. The molecule has 0 fully saturated rings. The van der Waals surface area contributed by atoms with E-state index in [-0.39, 0.29) is 11.3 Å². The van der Waals surface area contributed by atoms with E-state index in [1.807, 2.05) is 0 Å². The third-order valence-electron chi connectivity index (χ3n) is 1.74. The Hall–Kier alpha value is -1.23. The van der Waals surface area contributed by atoms with Gasteiger partial charge in [0.2, 0.25) is 0 Å². The quantitative estimate of drug-likeness (QED) is 0.740. The molecule has 0 aromatic heterocycles. The minimum absolute atomic E-state index is 0.0167. The maximum Gasteiger partial charge on any atom is 0.416 e. The molecule has 0 unspecified atom stereocenters. The summed E-state index contributed by atoms with van der Waals surface area (Å²) < 4.78 is 41.5. The van der Waals surface area contributed by atoms with Crippen molar-refractivity contribution in [2.45, 2.75) is 6.18 Å². The van der Waals surface area contributed by atoms with E-state index in [0.717, 1.165) is 12.1 Å². The van der Waals surface area contributed by atoms with E-state index in [9.17, 15) is 18.0 Å². The van der Waals surface area contributed by atoms with Crippen LogP contribution in [0.15, 0.2) is 18.2 Å². The smallest absolute Gasteiger partial charge is 0.416 e. The number of hydrogen-bond donors (Lipinski definition) is 0. The molecule has 0 aliphatic heterocycles. The molecule has 15 heavy (non-hydrogen) atoms. The van der Waals surface area contributed by atoms with Crippen molar-refractivity contribution in [2.75, 3.05) is 7.11 Å². The number of benzene rings is 1. The summed E-state index contributed by atoms with van der Waals surface area (Å²) in [6, 6.07) is 2.54. The molecule has 0 spiro atoms. The van der Waals surface area contributed by atoms with Gasteiger partial charge in [-0.25, -0.2) is 0 Å². The Morgan fingerprint density at radius 3 is 2.40 bits per heavy atom. The van der Waals surface area contributed by atoms with Crippen molar-refractivity contribution in [2.24, 2.45) is 0 Å². The summed E-state index contributed by atoms with van der Waals surface area (Å²) in [6.07, 6.45) is -4.51. The Morgan fingerprint density at radius 1 is 1.40 bits per heavy atom. The van der Waals surface area contributed by atoms with E-state index in [2.05, 4.69) is 0 Å². The van der Waals surface area contributed by atoms with Crippen LogP contribution in [0, 0.1) is 0 Å². The van der Waals surface area contributed by atoms with Gasteiger partial charge in [0.15, 0.2) is 0 Å². The maximum absolute atomic E-state index is 12.3. The molecular formula is C9H6ClF3O2. The van der Waals surface area contributed by atoms with Crippen molar-refractivity contribution in [3.05, 3.63) is 29.3 Å². The van der Waals surface area contributed by atoms with Crippen LogP contribution in [0.1, 0.15) is 15.9 Å². The topological polar surface area (TPSA) is 26.3 Å². The molecule has 0 bridgehead atoms. The molecule has 0 aliphatic carbocycles. The average Bonchev–Trinajstić information content (AvgIpc) is 2.15. The first-order valence-corrected chi connectivity index (χ1v) is 4.19. The van der Waals surface area contributed by atoms with Crippen LogP contribution in [0.4, 0.5) is 13.2 Å². The second-order valence-electron chi connectivity index (χ2n) is 2.69. The SMILES string of the molecule is COc1ccc(C(F)(F)F)cc1C(=O)Cl. The highest BCUT2D eigenvalue weighted by atomic mass is 35.5. The predicted octanol–water partition coefficient (Wildman–Crippen LogP) is 3.09. The van der Waals surface area contributed by atoms with Gasteiger partial charge in [-0.1, -0.05) is 0 Å². The summed E-state index contributed by atoms with van der Waals surface area (Å²) in [6.45, 7) is 0. The zero-order chi connectivity index (χ0) is 11.6. The van der Waals surface area contributed by atoms with Crippen LogP contribution in [-0.4, -0.2) is 12.4 Å². The van der Waals surface area contributed by atoms with Gasteiger partial charge < -0.3 is 4.74 Å². The van der Waals surface area contributed by atoms with Gasteiger partial charge in [0.05, 0.1) is 18.2 Å². The Bertz CT molecular complexity index is 387. The van der Waals surface area contributed by atoms with Gasteiger partial charge in [0.1, 0.15) is 5.75 Å². The Labute approximate surface area is 88.6 Å². The molecule has 0 saturated carbocycles. The highest BCUT2D eigenvalue weighted by Gasteiger charge is 2.31. The molecule has 6 heteroatoms. The lowest BCUT2D eigenvalue weighted by Gasteiger charge is -2.10. The second-order valence-corrected chi connectivity index (χ2v) is 3.03. The van der Waals surface area contributed by atoms with E-state index in [4.69, 9.17) is 16.3 Å². The molecule has 0 aliphatic rings. The summed E-state index contributed by atoms with van der Waals surface area (Å²) in [5.41, 5.74) is -1.23. The molecular weight excluding hydrogens is 233 g/mol. The minimum Gasteiger partial charge on any atom is -0.496 e. The summed E-state index contributed by atoms with van der Waals surface area (Å²) in [7, 11) is 1.24. The van der Waals surface area contributed by atoms with Crippen molar-refractivity contribution < 1.29 is 22.7 Å². The molecule has 0 heterocycles. The van der Waals surface area contributed by atoms with Crippen LogP contribution in [0.5, 0.6) is 5.75 Å². The first-order chi connectivity index (χ1) is 6.86. The highest BCUT2D eigenvalue weighted by molar-refractivity contribution is 6.68. The van der Waals surface area contributed by atoms with E-state index >= 15 is 0 Å². The van der Waals surface area contributed by atoms with Crippen molar-refractivity contribution in [3.63, 3.8) is 0 Å². The summed E-state index contributed by atoms with van der Waals surface area (Å²) in [5, 5.41) is -0.988. The lowest BCUT2D eigenvalue weighted by Crippen LogP contribution is -2.07. The molecule has 1 rings (SSSR count). The summed E-state index contributed by atoms with van der Waals surface area (Å²) in [4.78, 5) is 10.8. The van der Waals surface area contributed by atoms with E-state index in [0.29, 0.717) is 6.07 Å². The molecule has 2 nitrogen and oxygen atoms in total. The van der Waals surface area contributed by atoms with Crippen molar-refractivity contribution in [1.82, 2.24) is 0 Å². The number of carbonyl (C=O) groups excluding carboxylic acids is 1. The molecule has 0 radical (unpaired) electrons. The predicted molar refractivity (Wildman–Crippen MR) is 48.2 cm³/mol. The normalized spacial score (nSPS) is 11.3. The van der Waals surface area contributed by atoms with Crippen LogP contribution in [0.3, 0.4) is 0 Å². The van der Waals surface area contributed by atoms with Gasteiger partial charge in [0, 0.05) is 0 Å². The summed E-state index contributed by atoms with van der Waals surface area (Å²) >= 11 is 5.12. The zero-order valence-electron chi connectivity index (χ0n) is 7.56. The minimum atomic E-state index is -4.51. The second kappa shape index (κ2) is 4.10. The monoisotopic (exact) mass is 238 g/mol. The Balaban J connectivity index is 3.28. The summed E-state index contributed by atoms with van der Waals surface area (Å²) in [5.74, 6) is 0.0167. The number of halogens is 4. The van der Waals surface area contributed by atoms with E-state index < -0.39 is 17.0 Å². The third kappa shape index (κ3) is 2.62. The van der Waals surface area contributed by atoms with Crippen LogP contribution in [0.2, 0.25) is 0 Å². The maximum atomic E-state index is 12.3. The van der Waals surface area contributed by atoms with E-state index in [1.165, 1.54) is 7.11 Å². The first kappa shape index (κ1) is 11.8. The Kier molecular flexibility index (Phi) is 3.24. The lowest BCUT2D eigenvalue weighted by atomic mass is 10.1. The average molecular weight is 239 g/mol. The van der Waals surface area contributed by atoms with Gasteiger partial charge in [0.25, 0.3) is 5.24 Å². The Morgan fingerprint density at radius 2 is 2.00 bits per heavy atom. The van der Waals surface area contributed by atoms with Crippen molar-refractivity contribution in [1.29, 1.82) is 0 Å². The lowest BCUT2D eigenvalue weighted by molar-refractivity contribution is -0.137. The van der Waals surface area contributed by atoms with Gasteiger partial charge in [-0.3, -0.25) is 4.79 Å². The molecule has 1 aromatic rings. The van der Waals surface area contributed by atoms with Crippen LogP contribution >= 0.6 is 11.6 Å². The van der Waals surface area contributed by atoms with Crippen molar-refractivity contribution >= 4 is 16.8 Å². The number of rotatable bonds is 2. The molecule has 1 aromatic carbocycles. The van der Waals surface area contributed by atoms with Gasteiger partial charge in [-0.05, 0) is 29.8 Å². The van der Waals surface area contributed by atoms with Crippen LogP contribution in [-0.2, 0) is 6.18 Å². The highest BCUT2D eigenvalue weighted by Crippen LogP contribution is 2.32. The number of methoxy groups -OCH3 is 1. The molecule has 0 amide bonds. The fraction of sp³-hybridized carbons (Fsp3) is 0.222. The van der Waals surface area contributed by atoms with Crippen LogP contribution in [0.25, 0.3) is 0 Å². The van der Waals surface area contributed by atoms with E-state index in [1.54, 1.807) is 0 Å². The number of ether oxygens (including phenoxy) is 1. The molecule has 0 N–H and O–H groups in total. The first-order valence-electron chi connectivity index (χ1n) is 3.81. The fourth-order valence-electron chi connectivity index (χ4n) is 1.04. The van der Waals surface area contributed by atoms with Crippen molar-refractivity contribution in [3.8, 4) is 5.75 Å². The van der Waals surface area contributed by atoms with Gasteiger partial charge in [-0.15, -0.1) is 0 Å². The number of hydrogen-bond acceptors (Lipinski definition) is 2.